The van der Waals surface area contributed by atoms with Crippen molar-refractivity contribution in [2.24, 2.45) is 0 Å². The molecule has 0 spiro atoms. The van der Waals surface area contributed by atoms with E-state index < -0.39 is 0 Å². The molecule has 2 aromatic rings. The summed E-state index contributed by atoms with van der Waals surface area (Å²) >= 11 is 0. The normalized spacial score (nSPS) is 13.7. The fraction of sp³-hybridized carbons (Fsp3) is 0.333. The molecule has 148 valence electrons. The number of ether oxygens (including phenoxy) is 2. The van der Waals surface area contributed by atoms with E-state index in [1.165, 1.54) is 11.8 Å². The lowest BCUT2D eigenvalue weighted by Crippen LogP contribution is -2.40. The SMILES string of the molecule is COc1cccc(NC(=O)CN(C(C)=O)c2ccccc2N2CCOCC2)c1. The summed E-state index contributed by atoms with van der Waals surface area (Å²) in [4.78, 5) is 28.6. The number of nitrogens with zero attached hydrogens (tertiary/aromatic N) is 2. The number of anilines is 3. The van der Waals surface area contributed by atoms with Crippen molar-refractivity contribution in [2.45, 2.75) is 6.92 Å². The minimum Gasteiger partial charge on any atom is -0.497 e. The Balaban J connectivity index is 1.78. The summed E-state index contributed by atoms with van der Waals surface area (Å²) in [7, 11) is 1.57. The Morgan fingerprint density at radius 3 is 2.61 bits per heavy atom. The largest absolute Gasteiger partial charge is 0.497 e. The van der Waals surface area contributed by atoms with Gasteiger partial charge in [0, 0.05) is 31.8 Å². The van der Waals surface area contributed by atoms with Crippen LogP contribution in [0.2, 0.25) is 0 Å². The number of nitrogens with one attached hydrogen (secondary N) is 1. The number of hydrogen-bond acceptors (Lipinski definition) is 5. The van der Waals surface area contributed by atoms with E-state index in [2.05, 4.69) is 10.2 Å². The minimum atomic E-state index is -0.278. The first-order chi connectivity index (χ1) is 13.6. The molecule has 0 bridgehead atoms. The zero-order valence-electron chi connectivity index (χ0n) is 16.2. The summed E-state index contributed by atoms with van der Waals surface area (Å²) in [5, 5.41) is 2.82. The van der Waals surface area contributed by atoms with E-state index in [9.17, 15) is 9.59 Å². The Labute approximate surface area is 164 Å². The number of amides is 2. The number of rotatable bonds is 6. The van der Waals surface area contributed by atoms with Crippen LogP contribution in [0.5, 0.6) is 5.75 Å². The van der Waals surface area contributed by atoms with E-state index in [-0.39, 0.29) is 18.4 Å². The van der Waals surface area contributed by atoms with Crippen LogP contribution in [-0.4, -0.2) is 51.8 Å². The van der Waals surface area contributed by atoms with Gasteiger partial charge in [0.15, 0.2) is 0 Å². The standard InChI is InChI=1S/C21H25N3O4/c1-16(25)24(15-21(26)22-17-6-5-7-18(14-17)27-2)20-9-4-3-8-19(20)23-10-12-28-13-11-23/h3-9,14H,10-13,15H2,1-2H3,(H,22,26). The lowest BCUT2D eigenvalue weighted by molar-refractivity contribution is -0.120. The summed E-state index contributed by atoms with van der Waals surface area (Å²) < 4.78 is 10.6. The molecule has 0 radical (unpaired) electrons. The van der Waals surface area contributed by atoms with Crippen LogP contribution in [-0.2, 0) is 14.3 Å². The van der Waals surface area contributed by atoms with Crippen LogP contribution in [0.25, 0.3) is 0 Å². The monoisotopic (exact) mass is 383 g/mol. The molecule has 1 fully saturated rings. The van der Waals surface area contributed by atoms with Crippen LogP contribution >= 0.6 is 0 Å². The highest BCUT2D eigenvalue weighted by Gasteiger charge is 2.22. The first-order valence-electron chi connectivity index (χ1n) is 9.22. The topological polar surface area (TPSA) is 71.1 Å². The van der Waals surface area contributed by atoms with E-state index in [1.54, 1.807) is 31.4 Å². The molecule has 0 aliphatic carbocycles. The van der Waals surface area contributed by atoms with E-state index in [1.807, 2.05) is 24.3 Å². The van der Waals surface area contributed by atoms with Gasteiger partial charge in [-0.05, 0) is 24.3 Å². The second-order valence-corrected chi connectivity index (χ2v) is 6.47. The molecule has 0 atom stereocenters. The van der Waals surface area contributed by atoms with Crippen molar-refractivity contribution in [1.29, 1.82) is 0 Å². The average molecular weight is 383 g/mol. The quantitative estimate of drug-likeness (QED) is 0.830. The average Bonchev–Trinajstić information content (AvgIpc) is 2.72. The molecule has 0 aromatic heterocycles. The van der Waals surface area contributed by atoms with Gasteiger partial charge < -0.3 is 24.6 Å². The lowest BCUT2D eigenvalue weighted by Gasteiger charge is -2.33. The third-order valence-corrected chi connectivity index (χ3v) is 4.56. The highest BCUT2D eigenvalue weighted by Crippen LogP contribution is 2.30. The lowest BCUT2D eigenvalue weighted by atomic mass is 10.2. The molecule has 7 nitrogen and oxygen atoms in total. The van der Waals surface area contributed by atoms with E-state index in [4.69, 9.17) is 9.47 Å². The van der Waals surface area contributed by atoms with Gasteiger partial charge in [-0.1, -0.05) is 18.2 Å². The first kappa shape index (κ1) is 19.7. The van der Waals surface area contributed by atoms with Crippen molar-refractivity contribution in [3.63, 3.8) is 0 Å². The van der Waals surface area contributed by atoms with Crippen LogP contribution in [0.4, 0.5) is 17.1 Å². The van der Waals surface area contributed by atoms with Gasteiger partial charge in [0.1, 0.15) is 12.3 Å². The molecule has 0 saturated carbocycles. The van der Waals surface area contributed by atoms with Gasteiger partial charge in [-0.15, -0.1) is 0 Å². The van der Waals surface area contributed by atoms with E-state index in [0.717, 1.165) is 24.5 Å². The van der Waals surface area contributed by atoms with Gasteiger partial charge in [-0.3, -0.25) is 9.59 Å². The Morgan fingerprint density at radius 2 is 1.89 bits per heavy atom. The van der Waals surface area contributed by atoms with Crippen LogP contribution in [0, 0.1) is 0 Å². The van der Waals surface area contributed by atoms with Crippen molar-refractivity contribution in [1.82, 2.24) is 0 Å². The Morgan fingerprint density at radius 1 is 1.14 bits per heavy atom. The molecule has 1 N–H and O–H groups in total. The summed E-state index contributed by atoms with van der Waals surface area (Å²) in [5.41, 5.74) is 2.27. The van der Waals surface area contributed by atoms with Crippen LogP contribution in [0.15, 0.2) is 48.5 Å². The molecule has 1 aliphatic rings. The number of carbonyl (C=O) groups is 2. The fourth-order valence-corrected chi connectivity index (χ4v) is 3.18. The summed E-state index contributed by atoms with van der Waals surface area (Å²) in [6, 6.07) is 14.7. The predicted octanol–water partition coefficient (Wildman–Crippen LogP) is 2.52. The zero-order chi connectivity index (χ0) is 19.9. The van der Waals surface area contributed by atoms with Gasteiger partial charge in [0.2, 0.25) is 11.8 Å². The second kappa shape index (κ2) is 9.23. The number of carbonyl (C=O) groups excluding carboxylic acids is 2. The van der Waals surface area contributed by atoms with Gasteiger partial charge in [0.25, 0.3) is 0 Å². The number of para-hydroxylation sites is 2. The van der Waals surface area contributed by atoms with Gasteiger partial charge in [-0.25, -0.2) is 0 Å². The molecule has 28 heavy (non-hydrogen) atoms. The van der Waals surface area contributed by atoms with Crippen molar-refractivity contribution in [3.8, 4) is 5.75 Å². The van der Waals surface area contributed by atoms with E-state index >= 15 is 0 Å². The number of hydrogen-bond donors (Lipinski definition) is 1. The van der Waals surface area contributed by atoms with Gasteiger partial charge >= 0.3 is 0 Å². The summed E-state index contributed by atoms with van der Waals surface area (Å²) in [6.07, 6.45) is 0. The third-order valence-electron chi connectivity index (χ3n) is 4.56. The molecule has 2 aromatic carbocycles. The molecular formula is C21H25N3O4. The Hall–Kier alpha value is -3.06. The number of morpholine rings is 1. The number of methoxy groups -OCH3 is 1. The zero-order valence-corrected chi connectivity index (χ0v) is 16.2. The smallest absolute Gasteiger partial charge is 0.244 e. The van der Waals surface area contributed by atoms with Gasteiger partial charge in [-0.2, -0.15) is 0 Å². The van der Waals surface area contributed by atoms with Crippen LogP contribution in [0.1, 0.15) is 6.92 Å². The highest BCUT2D eigenvalue weighted by atomic mass is 16.5. The molecule has 0 unspecified atom stereocenters. The summed E-state index contributed by atoms with van der Waals surface area (Å²) in [6.45, 7) is 4.18. The molecule has 3 rings (SSSR count). The Kier molecular flexibility index (Phi) is 6.49. The van der Waals surface area contributed by atoms with E-state index in [0.29, 0.717) is 24.7 Å². The first-order valence-corrected chi connectivity index (χ1v) is 9.22. The Bertz CT molecular complexity index is 834. The maximum absolute atomic E-state index is 12.6. The van der Waals surface area contributed by atoms with Crippen molar-refractivity contribution >= 4 is 28.9 Å². The van der Waals surface area contributed by atoms with Crippen molar-refractivity contribution in [3.05, 3.63) is 48.5 Å². The third kappa shape index (κ3) is 4.80. The molecular weight excluding hydrogens is 358 g/mol. The molecule has 7 heteroatoms. The second-order valence-electron chi connectivity index (χ2n) is 6.47. The van der Waals surface area contributed by atoms with Crippen LogP contribution in [0.3, 0.4) is 0 Å². The van der Waals surface area contributed by atoms with Crippen molar-refractivity contribution in [2.75, 3.05) is 55.1 Å². The van der Waals surface area contributed by atoms with Crippen LogP contribution < -0.4 is 19.9 Å². The minimum absolute atomic E-state index is 0.0755. The molecule has 1 aliphatic heterocycles. The summed E-state index contributed by atoms with van der Waals surface area (Å²) in [5.74, 6) is 0.181. The maximum Gasteiger partial charge on any atom is 0.244 e. The number of benzene rings is 2. The highest BCUT2D eigenvalue weighted by molar-refractivity contribution is 6.03. The molecule has 2 amide bonds. The predicted molar refractivity (Wildman–Crippen MR) is 109 cm³/mol. The molecule has 1 saturated heterocycles. The van der Waals surface area contributed by atoms with Crippen molar-refractivity contribution < 1.29 is 19.1 Å². The fourth-order valence-electron chi connectivity index (χ4n) is 3.18. The maximum atomic E-state index is 12.6. The van der Waals surface area contributed by atoms with Gasteiger partial charge in [0.05, 0.1) is 31.7 Å². The molecule has 1 heterocycles.